The first-order valence-corrected chi connectivity index (χ1v) is 9.78. The highest BCUT2D eigenvalue weighted by Gasteiger charge is 2.31. The van der Waals surface area contributed by atoms with Crippen LogP contribution < -0.4 is 15.3 Å². The minimum atomic E-state index is -0.536. The SMILES string of the molecule is COC(=O)Cc1c(C)c2cc(Cl)c3c(c2oc1=O)C[NH+](C[C@H]1CCCO1)CO3. The smallest absolute Gasteiger partial charge is 0.340 e. The van der Waals surface area contributed by atoms with E-state index in [1.165, 1.54) is 12.0 Å². The minimum Gasteiger partial charge on any atom is -0.469 e. The Morgan fingerprint density at radius 3 is 2.96 bits per heavy atom. The number of carbonyl (C=O) groups excluding carboxylic acids is 1. The fourth-order valence-electron chi connectivity index (χ4n) is 4.00. The van der Waals surface area contributed by atoms with Gasteiger partial charge in [0.05, 0.1) is 29.7 Å². The molecule has 1 fully saturated rings. The van der Waals surface area contributed by atoms with E-state index in [0.29, 0.717) is 40.6 Å². The molecule has 2 aromatic rings. The van der Waals surface area contributed by atoms with Crippen molar-refractivity contribution in [3.8, 4) is 5.75 Å². The van der Waals surface area contributed by atoms with Crippen LogP contribution in [-0.2, 0) is 27.2 Å². The van der Waals surface area contributed by atoms with Crippen LogP contribution >= 0.6 is 11.6 Å². The first kappa shape index (κ1) is 19.2. The number of esters is 1. The lowest BCUT2D eigenvalue weighted by Crippen LogP contribution is -3.13. The lowest BCUT2D eigenvalue weighted by molar-refractivity contribution is -0.935. The molecule has 1 saturated heterocycles. The Labute approximate surface area is 167 Å². The van der Waals surface area contributed by atoms with Gasteiger partial charge >= 0.3 is 11.6 Å². The third-order valence-electron chi connectivity index (χ3n) is 5.52. The van der Waals surface area contributed by atoms with Crippen molar-refractivity contribution in [1.29, 1.82) is 0 Å². The average molecular weight is 409 g/mol. The molecule has 150 valence electrons. The number of hydrogen-bond donors (Lipinski definition) is 1. The van der Waals surface area contributed by atoms with Crippen LogP contribution in [0.2, 0.25) is 5.02 Å². The molecule has 1 aromatic heterocycles. The van der Waals surface area contributed by atoms with Gasteiger partial charge in [0, 0.05) is 12.0 Å². The molecule has 3 heterocycles. The Balaban J connectivity index is 1.75. The molecule has 0 aliphatic carbocycles. The number of halogens is 1. The standard InChI is InChI=1S/C20H22ClNO6/c1-11-13-6-16(21)19-15(9-22(10-27-19)8-12-4-3-5-26-12)18(13)28-20(24)14(11)7-17(23)25-2/h6,12H,3-5,7-10H2,1-2H3/p+1/t12-/m1/s1. The monoisotopic (exact) mass is 408 g/mol. The van der Waals surface area contributed by atoms with E-state index in [-0.39, 0.29) is 18.1 Å². The summed E-state index contributed by atoms with van der Waals surface area (Å²) < 4.78 is 22.0. The van der Waals surface area contributed by atoms with E-state index in [1.54, 1.807) is 13.0 Å². The maximum Gasteiger partial charge on any atom is 0.340 e. The van der Waals surface area contributed by atoms with Crippen LogP contribution in [0.5, 0.6) is 5.75 Å². The first-order chi connectivity index (χ1) is 13.5. The molecule has 2 aliphatic rings. The summed E-state index contributed by atoms with van der Waals surface area (Å²) in [4.78, 5) is 25.4. The predicted molar refractivity (Wildman–Crippen MR) is 102 cm³/mol. The zero-order valence-corrected chi connectivity index (χ0v) is 16.7. The summed E-state index contributed by atoms with van der Waals surface area (Å²) >= 11 is 6.47. The molecule has 2 aliphatic heterocycles. The molecule has 7 nitrogen and oxygen atoms in total. The van der Waals surface area contributed by atoms with E-state index in [4.69, 9.17) is 25.5 Å². The van der Waals surface area contributed by atoms with E-state index in [9.17, 15) is 9.59 Å². The van der Waals surface area contributed by atoms with Crippen LogP contribution in [0, 0.1) is 6.92 Å². The van der Waals surface area contributed by atoms with Crippen LogP contribution in [0.25, 0.3) is 11.0 Å². The van der Waals surface area contributed by atoms with Crippen LogP contribution in [0.4, 0.5) is 0 Å². The number of rotatable bonds is 4. The van der Waals surface area contributed by atoms with E-state index < -0.39 is 11.6 Å². The number of carbonyl (C=O) groups is 1. The van der Waals surface area contributed by atoms with Crippen molar-refractivity contribution in [3.05, 3.63) is 38.2 Å². The minimum absolute atomic E-state index is 0.137. The van der Waals surface area contributed by atoms with Gasteiger partial charge in [-0.3, -0.25) is 9.69 Å². The van der Waals surface area contributed by atoms with Crippen molar-refractivity contribution in [1.82, 2.24) is 0 Å². The second-order valence-electron chi connectivity index (χ2n) is 7.34. The Kier molecular flexibility index (Phi) is 5.31. The topological polar surface area (TPSA) is 79.4 Å². The molecule has 0 bridgehead atoms. The van der Waals surface area contributed by atoms with Crippen molar-refractivity contribution < 1.29 is 28.3 Å². The van der Waals surface area contributed by atoms with Gasteiger partial charge in [-0.1, -0.05) is 11.6 Å². The third-order valence-corrected chi connectivity index (χ3v) is 5.80. The fourth-order valence-corrected chi connectivity index (χ4v) is 4.28. The summed E-state index contributed by atoms with van der Waals surface area (Å²) in [6.45, 7) is 4.55. The summed E-state index contributed by atoms with van der Waals surface area (Å²) in [7, 11) is 1.29. The molecule has 1 unspecified atom stereocenters. The van der Waals surface area contributed by atoms with E-state index in [2.05, 4.69) is 4.74 Å². The second kappa shape index (κ2) is 7.73. The Bertz CT molecular complexity index is 979. The van der Waals surface area contributed by atoms with Crippen LogP contribution in [0.3, 0.4) is 0 Å². The molecule has 28 heavy (non-hydrogen) atoms. The summed E-state index contributed by atoms with van der Waals surface area (Å²) in [5.74, 6) is 0.0721. The zero-order valence-electron chi connectivity index (χ0n) is 15.9. The summed E-state index contributed by atoms with van der Waals surface area (Å²) in [6, 6.07) is 1.74. The molecule has 0 radical (unpaired) electrons. The lowest BCUT2D eigenvalue weighted by Gasteiger charge is -2.28. The third kappa shape index (κ3) is 3.50. The molecule has 0 spiro atoms. The Morgan fingerprint density at radius 2 is 2.25 bits per heavy atom. The van der Waals surface area contributed by atoms with Crippen molar-refractivity contribution in [2.75, 3.05) is 27.0 Å². The summed E-state index contributed by atoms with van der Waals surface area (Å²) in [5.41, 5.74) is 1.68. The van der Waals surface area contributed by atoms with Gasteiger partial charge in [-0.05, 0) is 31.4 Å². The maximum atomic E-state index is 12.6. The van der Waals surface area contributed by atoms with Gasteiger partial charge in [0.2, 0.25) is 6.73 Å². The van der Waals surface area contributed by atoms with Crippen molar-refractivity contribution in [2.24, 2.45) is 0 Å². The molecular weight excluding hydrogens is 386 g/mol. The number of hydrogen-bond acceptors (Lipinski definition) is 6. The number of quaternary nitrogens is 1. The Morgan fingerprint density at radius 1 is 1.43 bits per heavy atom. The maximum absolute atomic E-state index is 12.6. The fraction of sp³-hybridized carbons (Fsp3) is 0.500. The van der Waals surface area contributed by atoms with Gasteiger partial charge in [0.1, 0.15) is 19.2 Å². The highest BCUT2D eigenvalue weighted by atomic mass is 35.5. The highest BCUT2D eigenvalue weighted by Crippen LogP contribution is 2.37. The molecule has 1 aromatic carbocycles. The quantitative estimate of drug-likeness (QED) is 0.608. The highest BCUT2D eigenvalue weighted by molar-refractivity contribution is 6.33. The largest absolute Gasteiger partial charge is 0.469 e. The van der Waals surface area contributed by atoms with Gasteiger partial charge in [0.15, 0.2) is 11.3 Å². The lowest BCUT2D eigenvalue weighted by atomic mass is 10.00. The average Bonchev–Trinajstić information content (AvgIpc) is 3.19. The number of methoxy groups -OCH3 is 1. The second-order valence-corrected chi connectivity index (χ2v) is 7.75. The number of aryl methyl sites for hydroxylation is 1. The van der Waals surface area contributed by atoms with Crippen LogP contribution in [0.15, 0.2) is 15.3 Å². The van der Waals surface area contributed by atoms with E-state index in [1.807, 2.05) is 0 Å². The summed E-state index contributed by atoms with van der Waals surface area (Å²) in [6.07, 6.45) is 2.23. The van der Waals surface area contributed by atoms with E-state index >= 15 is 0 Å². The van der Waals surface area contributed by atoms with Crippen molar-refractivity contribution >= 4 is 28.5 Å². The predicted octanol–water partition coefficient (Wildman–Crippen LogP) is 1.38. The first-order valence-electron chi connectivity index (χ1n) is 9.40. The molecular formula is C20H23ClNO6+. The van der Waals surface area contributed by atoms with E-state index in [0.717, 1.165) is 31.6 Å². The number of fused-ring (bicyclic) bond motifs is 3. The van der Waals surface area contributed by atoms with Crippen LogP contribution in [-0.4, -0.2) is 39.1 Å². The molecule has 0 amide bonds. The normalized spacial score (nSPS) is 21.4. The Hall–Kier alpha value is -2.09. The molecule has 1 N–H and O–H groups in total. The van der Waals surface area contributed by atoms with Gasteiger partial charge < -0.3 is 18.6 Å². The number of benzene rings is 1. The zero-order chi connectivity index (χ0) is 19.8. The van der Waals surface area contributed by atoms with Gasteiger partial charge in [-0.25, -0.2) is 4.79 Å². The van der Waals surface area contributed by atoms with Crippen molar-refractivity contribution in [2.45, 2.75) is 38.8 Å². The summed E-state index contributed by atoms with van der Waals surface area (Å²) in [5, 5.41) is 1.18. The molecule has 8 heteroatoms. The van der Waals surface area contributed by atoms with Crippen LogP contribution in [0.1, 0.15) is 29.5 Å². The molecule has 0 saturated carbocycles. The van der Waals surface area contributed by atoms with Crippen molar-refractivity contribution in [3.63, 3.8) is 0 Å². The number of ether oxygens (including phenoxy) is 3. The van der Waals surface area contributed by atoms with Gasteiger partial charge in [-0.15, -0.1) is 0 Å². The molecule has 2 atom stereocenters. The number of nitrogens with one attached hydrogen (secondary N) is 1. The van der Waals surface area contributed by atoms with Gasteiger partial charge in [0.25, 0.3) is 0 Å². The molecule has 4 rings (SSSR count). The van der Waals surface area contributed by atoms with Gasteiger partial charge in [-0.2, -0.15) is 0 Å².